The van der Waals surface area contributed by atoms with Crippen molar-refractivity contribution in [3.8, 4) is 0 Å². The number of anilines is 3. The summed E-state index contributed by atoms with van der Waals surface area (Å²) >= 11 is 0. The van der Waals surface area contributed by atoms with Crippen LogP contribution in [0.3, 0.4) is 0 Å². The molecule has 0 saturated carbocycles. The van der Waals surface area contributed by atoms with Crippen LogP contribution in [0.25, 0.3) is 5.52 Å². The third-order valence-corrected chi connectivity index (χ3v) is 6.87. The largest absolute Gasteiger partial charge is 0.387 e. The van der Waals surface area contributed by atoms with Gasteiger partial charge in [-0.25, -0.2) is 13.9 Å². The van der Waals surface area contributed by atoms with Crippen LogP contribution in [0.4, 0.5) is 21.6 Å². The summed E-state index contributed by atoms with van der Waals surface area (Å²) in [5.74, 6) is 0.0471. The van der Waals surface area contributed by atoms with Crippen molar-refractivity contribution in [1.29, 1.82) is 5.41 Å². The maximum Gasteiger partial charge on any atom is 0.245 e. The fraction of sp³-hybridized carbons (Fsp3) is 0.286. The molecule has 0 atom stereocenters. The number of halogens is 1. The molecular weight excluding hydrogens is 499 g/mol. The molecule has 39 heavy (non-hydrogen) atoms. The Balaban J connectivity index is 1.28. The molecule has 5 rings (SSSR count). The number of carbonyl (C=O) groups is 1. The smallest absolute Gasteiger partial charge is 0.245 e. The van der Waals surface area contributed by atoms with Gasteiger partial charge in [-0.05, 0) is 60.4 Å². The number of aliphatic hydroxyl groups is 1. The zero-order valence-electron chi connectivity index (χ0n) is 21.4. The monoisotopic (exact) mass is 530 g/mol. The van der Waals surface area contributed by atoms with E-state index in [0.717, 1.165) is 53.9 Å². The van der Waals surface area contributed by atoms with Crippen molar-refractivity contribution in [3.63, 3.8) is 0 Å². The summed E-state index contributed by atoms with van der Waals surface area (Å²) in [6, 6.07) is 14.2. The number of benzene rings is 2. The molecule has 4 aromatic rings. The highest BCUT2D eigenvalue weighted by Gasteiger charge is 2.22. The zero-order chi connectivity index (χ0) is 27.2. The first-order valence-electron chi connectivity index (χ1n) is 12.9. The van der Waals surface area contributed by atoms with Gasteiger partial charge < -0.3 is 26.5 Å². The number of amides is 1. The van der Waals surface area contributed by atoms with Crippen molar-refractivity contribution < 1.29 is 14.3 Å². The van der Waals surface area contributed by atoms with Crippen molar-refractivity contribution >= 4 is 34.8 Å². The lowest BCUT2D eigenvalue weighted by Crippen LogP contribution is -2.45. The van der Waals surface area contributed by atoms with Crippen LogP contribution in [0.15, 0.2) is 61.1 Å². The Morgan fingerprint density at radius 1 is 1.18 bits per heavy atom. The van der Waals surface area contributed by atoms with Crippen molar-refractivity contribution in [3.05, 3.63) is 83.6 Å². The van der Waals surface area contributed by atoms with Gasteiger partial charge in [0.25, 0.3) is 0 Å². The Bertz CT molecular complexity index is 1470. The molecule has 0 aliphatic carbocycles. The van der Waals surface area contributed by atoms with Gasteiger partial charge in [-0.15, -0.1) is 0 Å². The average molecular weight is 531 g/mol. The number of piperidine rings is 1. The maximum absolute atomic E-state index is 13.5. The number of carbonyl (C=O) groups excluding carboxylic acids is 1. The van der Waals surface area contributed by atoms with Gasteiger partial charge in [0.05, 0.1) is 0 Å². The number of fused-ring (bicyclic) bond motifs is 1. The SMILES string of the molecule is N=Cc1cc(Nc2ncnn3ccc(CN4CCC(NC(=O)CO)CC4)c23)ccc1NCc1cccc(F)c1. The highest BCUT2D eigenvalue weighted by Crippen LogP contribution is 2.27. The minimum atomic E-state index is -0.484. The minimum absolute atomic E-state index is 0.0848. The molecule has 10 nitrogen and oxygen atoms in total. The number of aliphatic hydroxyl groups excluding tert-OH is 1. The topological polar surface area (TPSA) is 131 Å². The van der Waals surface area contributed by atoms with Gasteiger partial charge in [-0.3, -0.25) is 9.69 Å². The first-order chi connectivity index (χ1) is 19.0. The Morgan fingerprint density at radius 3 is 2.79 bits per heavy atom. The Morgan fingerprint density at radius 2 is 2.03 bits per heavy atom. The summed E-state index contributed by atoms with van der Waals surface area (Å²) in [4.78, 5) is 18.3. The molecule has 1 amide bonds. The number of hydrogen-bond acceptors (Lipinski definition) is 8. The van der Waals surface area contributed by atoms with E-state index < -0.39 is 6.61 Å². The maximum atomic E-state index is 13.5. The summed E-state index contributed by atoms with van der Waals surface area (Å²) < 4.78 is 15.3. The average Bonchev–Trinajstić information content (AvgIpc) is 3.37. The van der Waals surface area contributed by atoms with Gasteiger partial charge in [0.15, 0.2) is 5.82 Å². The minimum Gasteiger partial charge on any atom is -0.387 e. The van der Waals surface area contributed by atoms with Crippen LogP contribution in [-0.2, 0) is 17.9 Å². The van der Waals surface area contributed by atoms with Crippen LogP contribution in [-0.4, -0.2) is 62.5 Å². The quantitative estimate of drug-likeness (QED) is 0.199. The Hall–Kier alpha value is -4.35. The molecule has 0 radical (unpaired) electrons. The van der Waals surface area contributed by atoms with Crippen LogP contribution in [0.1, 0.15) is 29.5 Å². The Labute approximate surface area is 225 Å². The van der Waals surface area contributed by atoms with Crippen molar-refractivity contribution in [2.75, 3.05) is 30.3 Å². The standard InChI is InChI=1S/C28H31FN8O2/c29-22-3-1-2-19(12-22)15-31-25-5-4-24(13-21(25)14-30)35-28-27-20(6-11-37(27)33-18-32-28)16-36-9-7-23(8-10-36)34-26(39)17-38/h1-6,11-14,18,23,30-31,38H,7-10,15-17H2,(H,34,39)(H,32,33,35). The third-order valence-electron chi connectivity index (χ3n) is 6.87. The van der Waals surface area contributed by atoms with Crippen LogP contribution in [0, 0.1) is 11.2 Å². The van der Waals surface area contributed by atoms with Gasteiger partial charge in [-0.2, -0.15) is 5.10 Å². The first kappa shape index (κ1) is 26.3. The summed E-state index contributed by atoms with van der Waals surface area (Å²) in [7, 11) is 0. The molecule has 1 aliphatic rings. The molecule has 5 N–H and O–H groups in total. The highest BCUT2D eigenvalue weighted by atomic mass is 19.1. The van der Waals surface area contributed by atoms with E-state index in [9.17, 15) is 9.18 Å². The van der Waals surface area contributed by atoms with E-state index in [4.69, 9.17) is 10.5 Å². The second-order valence-electron chi connectivity index (χ2n) is 9.57. The Kier molecular flexibility index (Phi) is 8.09. The number of hydrogen-bond donors (Lipinski definition) is 5. The number of rotatable bonds is 10. The van der Waals surface area contributed by atoms with Crippen LogP contribution >= 0.6 is 0 Å². The molecule has 1 aliphatic heterocycles. The summed E-state index contributed by atoms with van der Waals surface area (Å²) in [5, 5.41) is 30.8. The van der Waals surface area contributed by atoms with Gasteiger partial charge in [0, 0.05) is 61.6 Å². The summed E-state index contributed by atoms with van der Waals surface area (Å²) in [6.07, 6.45) is 6.34. The third kappa shape index (κ3) is 6.39. The number of nitrogens with zero attached hydrogens (tertiary/aromatic N) is 4. The molecular formula is C28H31FN8O2. The second-order valence-corrected chi connectivity index (χ2v) is 9.57. The van der Waals surface area contributed by atoms with Crippen LogP contribution in [0.2, 0.25) is 0 Å². The van der Waals surface area contributed by atoms with E-state index in [0.29, 0.717) is 24.5 Å². The zero-order valence-corrected chi connectivity index (χ0v) is 21.4. The lowest BCUT2D eigenvalue weighted by Gasteiger charge is -2.32. The molecule has 0 spiro atoms. The van der Waals surface area contributed by atoms with Gasteiger partial charge >= 0.3 is 0 Å². The molecule has 2 aromatic heterocycles. The number of nitrogens with one attached hydrogen (secondary N) is 4. The fourth-order valence-electron chi connectivity index (χ4n) is 4.89. The van der Waals surface area contributed by atoms with Crippen LogP contribution in [0.5, 0.6) is 0 Å². The molecule has 11 heteroatoms. The predicted molar refractivity (Wildman–Crippen MR) is 148 cm³/mol. The molecule has 2 aromatic carbocycles. The predicted octanol–water partition coefficient (Wildman–Crippen LogP) is 3.29. The van der Waals surface area contributed by atoms with Crippen molar-refractivity contribution in [2.45, 2.75) is 32.0 Å². The van der Waals surface area contributed by atoms with E-state index >= 15 is 0 Å². The lowest BCUT2D eigenvalue weighted by molar-refractivity contribution is -0.124. The van der Waals surface area contributed by atoms with E-state index in [-0.39, 0.29) is 17.8 Å². The fourth-order valence-corrected chi connectivity index (χ4v) is 4.89. The summed E-state index contributed by atoms with van der Waals surface area (Å²) in [5.41, 5.74) is 5.01. The van der Waals surface area contributed by atoms with E-state index in [2.05, 4.69) is 30.9 Å². The molecule has 0 unspecified atom stereocenters. The first-order valence-corrected chi connectivity index (χ1v) is 12.9. The number of likely N-dealkylation sites (tertiary alicyclic amines) is 1. The summed E-state index contributed by atoms with van der Waals surface area (Å²) in [6.45, 7) is 2.33. The molecule has 1 saturated heterocycles. The molecule has 3 heterocycles. The van der Waals surface area contributed by atoms with Gasteiger partial charge in [0.2, 0.25) is 5.91 Å². The van der Waals surface area contributed by atoms with Gasteiger partial charge in [0.1, 0.15) is 24.3 Å². The van der Waals surface area contributed by atoms with Crippen LogP contribution < -0.4 is 16.0 Å². The van der Waals surface area contributed by atoms with E-state index in [1.54, 1.807) is 10.6 Å². The van der Waals surface area contributed by atoms with E-state index in [1.807, 2.05) is 36.5 Å². The van der Waals surface area contributed by atoms with Crippen molar-refractivity contribution in [2.24, 2.45) is 0 Å². The normalized spacial score (nSPS) is 14.3. The van der Waals surface area contributed by atoms with E-state index in [1.165, 1.54) is 24.7 Å². The number of aromatic nitrogens is 3. The molecule has 1 fully saturated rings. The van der Waals surface area contributed by atoms with Gasteiger partial charge in [-0.1, -0.05) is 12.1 Å². The van der Waals surface area contributed by atoms with Crippen molar-refractivity contribution in [1.82, 2.24) is 24.8 Å². The lowest BCUT2D eigenvalue weighted by atomic mass is 10.0. The highest BCUT2D eigenvalue weighted by molar-refractivity contribution is 5.88. The molecule has 202 valence electrons. The second kappa shape index (κ2) is 12.0. The molecule has 0 bridgehead atoms.